The van der Waals surface area contributed by atoms with E-state index in [2.05, 4.69) is 22.5 Å². The van der Waals surface area contributed by atoms with Gasteiger partial charge in [0.05, 0.1) is 30.6 Å². The molecule has 0 saturated carbocycles. The number of hydrogen-bond acceptors (Lipinski definition) is 10. The van der Waals surface area contributed by atoms with Gasteiger partial charge in [-0.25, -0.2) is 14.8 Å². The molecule has 0 fully saturated rings. The number of anilines is 2. The number of carbonyl (C=O) groups excluding carboxylic acids is 2. The summed E-state index contributed by atoms with van der Waals surface area (Å²) in [6.45, 7) is 2.83. The van der Waals surface area contributed by atoms with Crippen molar-refractivity contribution in [2.45, 2.75) is 45.6 Å². The number of carboxylic acids is 1. The van der Waals surface area contributed by atoms with Crippen LogP contribution in [-0.4, -0.2) is 74.1 Å². The third-order valence-electron chi connectivity index (χ3n) is 7.02. The first-order chi connectivity index (χ1) is 23.3. The summed E-state index contributed by atoms with van der Waals surface area (Å²) >= 11 is 0. The fraction of sp³-hybridized carbons (Fsp3) is 0.312. The lowest BCUT2D eigenvalue weighted by atomic mass is 10.1. The first-order valence-corrected chi connectivity index (χ1v) is 16.6. The van der Waals surface area contributed by atoms with Crippen molar-refractivity contribution in [3.8, 4) is 0 Å². The molecule has 6 N–H and O–H groups in total. The fourth-order valence-electron chi connectivity index (χ4n) is 4.58. The number of nitrogens with zero attached hydrogens (tertiary/aromatic N) is 4. The van der Waals surface area contributed by atoms with Crippen LogP contribution in [0.25, 0.3) is 11.0 Å². The number of aliphatic carboxylic acids is 1. The second-order valence-corrected chi connectivity index (χ2v) is 11.5. The average molecular weight is 698 g/mol. The minimum atomic E-state index is -4.67. The quantitative estimate of drug-likeness (QED) is 0.0456. The van der Waals surface area contributed by atoms with E-state index in [-0.39, 0.29) is 24.7 Å². The number of carboxylic acid groups (broad SMARTS) is 1. The Labute approximate surface area is 283 Å². The highest BCUT2D eigenvalue weighted by molar-refractivity contribution is 7.79. The summed E-state index contributed by atoms with van der Waals surface area (Å²) in [5.74, 6) is -0.302. The number of pyridine rings is 1. The number of fused-ring (bicyclic) bond motifs is 1. The van der Waals surface area contributed by atoms with Crippen LogP contribution in [0.2, 0.25) is 0 Å². The number of imidazole rings is 1. The number of ether oxygens (including phenoxy) is 1. The zero-order valence-corrected chi connectivity index (χ0v) is 27.8. The van der Waals surface area contributed by atoms with Crippen LogP contribution < -0.4 is 15.5 Å². The van der Waals surface area contributed by atoms with Crippen molar-refractivity contribution in [1.82, 2.24) is 19.9 Å². The molecule has 2 aromatic heterocycles. The number of carbonyl (C=O) groups is 3. The third kappa shape index (κ3) is 12.6. The summed E-state index contributed by atoms with van der Waals surface area (Å²) in [7, 11) is -2.78. The number of amidine groups is 1. The van der Waals surface area contributed by atoms with Gasteiger partial charge in [0.25, 0.3) is 5.91 Å². The number of benzene rings is 2. The predicted molar refractivity (Wildman–Crippen MR) is 182 cm³/mol. The molecule has 0 aliphatic rings. The SMILES string of the molecule is CCCCCCOC(=O)NC(=N)c1ccc(NCc2nc3cc(C(=O)N(CCC(=O)O)c4ccccn4)ccc3n2C)cc1.O=S(=O)(O)O. The molecule has 0 unspecified atom stereocenters. The monoisotopic (exact) mass is 697 g/mol. The molecule has 49 heavy (non-hydrogen) atoms. The molecule has 0 aliphatic carbocycles. The normalized spacial score (nSPS) is 10.9. The highest BCUT2D eigenvalue weighted by Crippen LogP contribution is 2.21. The van der Waals surface area contributed by atoms with Crippen molar-refractivity contribution in [2.24, 2.45) is 7.05 Å². The van der Waals surface area contributed by atoms with E-state index < -0.39 is 22.5 Å². The number of aromatic nitrogens is 3. The topological polar surface area (TPSA) is 237 Å². The van der Waals surface area contributed by atoms with Gasteiger partial charge >= 0.3 is 22.5 Å². The Morgan fingerprint density at radius 1 is 1.00 bits per heavy atom. The summed E-state index contributed by atoms with van der Waals surface area (Å²) in [5.41, 5.74) is 3.17. The molecule has 2 amide bonds. The van der Waals surface area contributed by atoms with Gasteiger partial charge in [-0.15, -0.1) is 0 Å². The molecule has 0 aliphatic heterocycles. The summed E-state index contributed by atoms with van der Waals surface area (Å²) < 4.78 is 38.7. The lowest BCUT2D eigenvalue weighted by Gasteiger charge is -2.21. The molecule has 4 aromatic rings. The molecule has 0 atom stereocenters. The van der Waals surface area contributed by atoms with Gasteiger partial charge in [0, 0.05) is 36.6 Å². The molecule has 0 radical (unpaired) electrons. The van der Waals surface area contributed by atoms with Gasteiger partial charge in [-0.3, -0.25) is 34.3 Å². The van der Waals surface area contributed by atoms with Gasteiger partial charge in [0.1, 0.15) is 17.5 Å². The Balaban J connectivity index is 0.00000121. The average Bonchev–Trinajstić information content (AvgIpc) is 3.37. The van der Waals surface area contributed by atoms with Gasteiger partial charge in [-0.05, 0) is 61.0 Å². The first kappa shape index (κ1) is 38.1. The molecule has 2 heterocycles. The molecular formula is C32H39N7O9S. The summed E-state index contributed by atoms with van der Waals surface area (Å²) in [4.78, 5) is 46.9. The van der Waals surface area contributed by atoms with E-state index in [1.165, 1.54) is 4.90 Å². The van der Waals surface area contributed by atoms with E-state index in [1.807, 2.05) is 29.8 Å². The molecule has 0 bridgehead atoms. The second kappa shape index (κ2) is 18.2. The zero-order valence-electron chi connectivity index (χ0n) is 27.0. The van der Waals surface area contributed by atoms with Crippen LogP contribution >= 0.6 is 0 Å². The van der Waals surface area contributed by atoms with Crippen LogP contribution in [0.15, 0.2) is 66.9 Å². The van der Waals surface area contributed by atoms with Crippen molar-refractivity contribution < 1.29 is 41.8 Å². The number of nitrogens with one attached hydrogen (secondary N) is 3. The van der Waals surface area contributed by atoms with Gasteiger partial charge < -0.3 is 19.7 Å². The largest absolute Gasteiger partial charge is 0.481 e. The first-order valence-electron chi connectivity index (χ1n) is 15.2. The summed E-state index contributed by atoms with van der Waals surface area (Å²) in [5, 5.41) is 23.1. The standard InChI is InChI=1S/C32H37N7O5.H2O4S/c1-3-4-5-8-19-44-32(43)37-30(33)22-10-13-24(14-11-22)35-21-28-36-25-20-23(12-15-26(25)38(28)2)31(42)39(18-16-29(40)41)27-9-6-7-17-34-27;1-5(2,3)4/h6-7,9-15,17,20,35H,3-5,8,16,18-19,21H2,1-2H3,(H,40,41)(H2,33,37,43);(H2,1,2,3,4). The van der Waals surface area contributed by atoms with Gasteiger partial charge in [0.2, 0.25) is 0 Å². The maximum absolute atomic E-state index is 13.4. The van der Waals surface area contributed by atoms with E-state index >= 15 is 0 Å². The Morgan fingerprint density at radius 2 is 1.69 bits per heavy atom. The number of amides is 2. The van der Waals surface area contributed by atoms with E-state index in [4.69, 9.17) is 32.7 Å². The Bertz CT molecular complexity index is 1840. The Kier molecular flexibility index (Phi) is 14.2. The number of unbranched alkanes of at least 4 members (excludes halogenated alkanes) is 3. The molecule has 17 heteroatoms. The second-order valence-electron chi connectivity index (χ2n) is 10.7. The molecule has 2 aromatic carbocycles. The number of aryl methyl sites for hydroxylation is 1. The third-order valence-corrected chi connectivity index (χ3v) is 7.02. The van der Waals surface area contributed by atoms with E-state index in [0.29, 0.717) is 35.6 Å². The lowest BCUT2D eigenvalue weighted by molar-refractivity contribution is -0.136. The number of rotatable bonds is 14. The Hall–Kier alpha value is -5.39. The zero-order chi connectivity index (χ0) is 36.0. The highest BCUT2D eigenvalue weighted by Gasteiger charge is 2.21. The smallest absolute Gasteiger partial charge is 0.412 e. The maximum atomic E-state index is 13.4. The van der Waals surface area contributed by atoms with Crippen LogP contribution in [0.5, 0.6) is 0 Å². The lowest BCUT2D eigenvalue weighted by Crippen LogP contribution is -2.33. The Morgan fingerprint density at radius 3 is 2.33 bits per heavy atom. The van der Waals surface area contributed by atoms with Crippen LogP contribution in [0.4, 0.5) is 16.3 Å². The van der Waals surface area contributed by atoms with Gasteiger partial charge in [0.15, 0.2) is 0 Å². The summed E-state index contributed by atoms with van der Waals surface area (Å²) in [6, 6.07) is 17.4. The number of hydrogen-bond donors (Lipinski definition) is 6. The molecule has 4 rings (SSSR count). The molecule has 0 saturated heterocycles. The van der Waals surface area contributed by atoms with Crippen LogP contribution in [0.1, 0.15) is 60.8 Å². The van der Waals surface area contributed by atoms with Crippen molar-refractivity contribution in [3.63, 3.8) is 0 Å². The van der Waals surface area contributed by atoms with Crippen molar-refractivity contribution in [2.75, 3.05) is 23.4 Å². The van der Waals surface area contributed by atoms with Gasteiger partial charge in [-0.1, -0.05) is 32.3 Å². The van der Waals surface area contributed by atoms with E-state index in [9.17, 15) is 19.5 Å². The molecule has 0 spiro atoms. The minimum absolute atomic E-state index is 0.0157. The molecule has 262 valence electrons. The number of alkyl carbamates (subject to hydrolysis) is 1. The fourth-order valence-corrected chi connectivity index (χ4v) is 4.58. The van der Waals surface area contributed by atoms with Gasteiger partial charge in [-0.2, -0.15) is 8.42 Å². The molecular weight excluding hydrogens is 658 g/mol. The van der Waals surface area contributed by atoms with E-state index in [0.717, 1.165) is 42.7 Å². The maximum Gasteiger partial charge on any atom is 0.412 e. The van der Waals surface area contributed by atoms with Crippen LogP contribution in [0.3, 0.4) is 0 Å². The summed E-state index contributed by atoms with van der Waals surface area (Å²) in [6.07, 6.45) is 4.72. The molecule has 16 nitrogen and oxygen atoms in total. The van der Waals surface area contributed by atoms with Crippen molar-refractivity contribution in [3.05, 3.63) is 83.8 Å². The highest BCUT2D eigenvalue weighted by atomic mass is 32.3. The van der Waals surface area contributed by atoms with Crippen molar-refractivity contribution in [1.29, 1.82) is 5.41 Å². The minimum Gasteiger partial charge on any atom is -0.481 e. The van der Waals surface area contributed by atoms with Crippen molar-refractivity contribution >= 4 is 56.7 Å². The van der Waals surface area contributed by atoms with Crippen LogP contribution in [0, 0.1) is 5.41 Å². The predicted octanol–water partition coefficient (Wildman–Crippen LogP) is 4.68. The van der Waals surface area contributed by atoms with E-state index in [1.54, 1.807) is 48.7 Å². The van der Waals surface area contributed by atoms with Crippen LogP contribution in [-0.2, 0) is 33.5 Å².